The number of nitrogens with zero attached hydrogens (tertiary/aromatic N) is 2. The maximum absolute atomic E-state index is 4.10. The molecule has 0 radical (unpaired) electrons. The molecule has 1 aliphatic rings. The fraction of sp³-hybridized carbons (Fsp3) is 0.353. The van der Waals surface area contributed by atoms with Crippen molar-refractivity contribution in [1.82, 2.24) is 15.2 Å². The Morgan fingerprint density at radius 2 is 1.90 bits per heavy atom. The van der Waals surface area contributed by atoms with Gasteiger partial charge in [-0.05, 0) is 30.2 Å². The first-order valence-electron chi connectivity index (χ1n) is 7.19. The lowest BCUT2D eigenvalue weighted by molar-refractivity contribution is 0.0649. The summed E-state index contributed by atoms with van der Waals surface area (Å²) in [5.74, 6) is 0. The van der Waals surface area contributed by atoms with Crippen LogP contribution in [-0.4, -0.2) is 29.5 Å². The van der Waals surface area contributed by atoms with Gasteiger partial charge < -0.3 is 5.32 Å². The molecule has 104 valence electrons. The van der Waals surface area contributed by atoms with Gasteiger partial charge in [0.1, 0.15) is 0 Å². The van der Waals surface area contributed by atoms with Crippen molar-refractivity contribution in [1.29, 1.82) is 0 Å². The van der Waals surface area contributed by atoms with Crippen LogP contribution in [0.25, 0.3) is 0 Å². The summed E-state index contributed by atoms with van der Waals surface area (Å²) < 4.78 is 0. The molecule has 3 rings (SSSR count). The van der Waals surface area contributed by atoms with Gasteiger partial charge in [0.15, 0.2) is 0 Å². The standard InChI is InChI=1S/C17H21N3/c1-17(16-5-3-2-4-6-16)14-19-11-12-20(17)13-15-7-9-18-10-8-15/h2-10,19H,11-14H2,1H3. The highest BCUT2D eigenvalue weighted by molar-refractivity contribution is 5.26. The molecule has 1 aromatic carbocycles. The van der Waals surface area contributed by atoms with Gasteiger partial charge in [-0.1, -0.05) is 30.3 Å². The number of nitrogens with one attached hydrogen (secondary N) is 1. The quantitative estimate of drug-likeness (QED) is 0.925. The van der Waals surface area contributed by atoms with Crippen molar-refractivity contribution >= 4 is 0 Å². The zero-order valence-corrected chi connectivity index (χ0v) is 11.9. The summed E-state index contributed by atoms with van der Waals surface area (Å²) in [7, 11) is 0. The fourth-order valence-electron chi connectivity index (χ4n) is 2.95. The van der Waals surface area contributed by atoms with E-state index in [0.717, 1.165) is 26.2 Å². The SMILES string of the molecule is CC1(c2ccccc2)CNCCN1Cc1ccncc1. The molecule has 0 aliphatic carbocycles. The third-order valence-electron chi connectivity index (χ3n) is 4.24. The molecule has 1 fully saturated rings. The number of hydrogen-bond acceptors (Lipinski definition) is 3. The Morgan fingerprint density at radius 3 is 2.65 bits per heavy atom. The predicted octanol–water partition coefficient (Wildman–Crippen LogP) is 2.40. The van der Waals surface area contributed by atoms with Crippen molar-refractivity contribution in [3.63, 3.8) is 0 Å². The maximum atomic E-state index is 4.10. The monoisotopic (exact) mass is 267 g/mol. The van der Waals surface area contributed by atoms with Crippen molar-refractivity contribution in [3.05, 3.63) is 66.0 Å². The van der Waals surface area contributed by atoms with Crippen LogP contribution in [-0.2, 0) is 12.1 Å². The molecule has 3 heteroatoms. The summed E-state index contributed by atoms with van der Waals surface area (Å²) >= 11 is 0. The van der Waals surface area contributed by atoms with Crippen molar-refractivity contribution < 1.29 is 0 Å². The lowest BCUT2D eigenvalue weighted by Gasteiger charge is -2.45. The molecule has 0 bridgehead atoms. The second kappa shape index (κ2) is 5.73. The van der Waals surface area contributed by atoms with E-state index >= 15 is 0 Å². The minimum atomic E-state index is 0.0444. The molecular formula is C17H21N3. The molecule has 3 nitrogen and oxygen atoms in total. The van der Waals surface area contributed by atoms with Gasteiger partial charge in [0.25, 0.3) is 0 Å². The average Bonchev–Trinajstić information content (AvgIpc) is 2.52. The number of benzene rings is 1. The van der Waals surface area contributed by atoms with Gasteiger partial charge in [-0.25, -0.2) is 0 Å². The minimum absolute atomic E-state index is 0.0444. The molecule has 0 saturated carbocycles. The Labute approximate surface area is 120 Å². The predicted molar refractivity (Wildman–Crippen MR) is 81.3 cm³/mol. The van der Waals surface area contributed by atoms with Crippen LogP contribution in [0, 0.1) is 0 Å². The Kier molecular flexibility index (Phi) is 3.81. The van der Waals surface area contributed by atoms with Crippen molar-refractivity contribution in [2.24, 2.45) is 0 Å². The van der Waals surface area contributed by atoms with E-state index in [1.54, 1.807) is 0 Å². The number of rotatable bonds is 3. The first-order valence-corrected chi connectivity index (χ1v) is 7.19. The smallest absolute Gasteiger partial charge is 0.0561 e. The van der Waals surface area contributed by atoms with Crippen molar-refractivity contribution in [2.45, 2.75) is 19.0 Å². The number of piperazine rings is 1. The van der Waals surface area contributed by atoms with Gasteiger partial charge >= 0.3 is 0 Å². The summed E-state index contributed by atoms with van der Waals surface area (Å²) in [4.78, 5) is 6.67. The molecule has 1 atom stereocenters. The van der Waals surface area contributed by atoms with E-state index in [2.05, 4.69) is 64.6 Å². The number of hydrogen-bond donors (Lipinski definition) is 1. The van der Waals surface area contributed by atoms with Crippen LogP contribution in [0.2, 0.25) is 0 Å². The van der Waals surface area contributed by atoms with Gasteiger partial charge in [-0.2, -0.15) is 0 Å². The molecule has 2 heterocycles. The highest BCUT2D eigenvalue weighted by atomic mass is 15.3. The summed E-state index contributed by atoms with van der Waals surface area (Å²) in [6.07, 6.45) is 3.74. The lowest BCUT2D eigenvalue weighted by Crippen LogP contribution is -2.56. The summed E-state index contributed by atoms with van der Waals surface area (Å²) in [5.41, 5.74) is 2.74. The van der Waals surface area contributed by atoms with Crippen LogP contribution < -0.4 is 5.32 Å². The second-order valence-corrected chi connectivity index (χ2v) is 5.59. The van der Waals surface area contributed by atoms with E-state index in [9.17, 15) is 0 Å². The molecule has 1 saturated heterocycles. The summed E-state index contributed by atoms with van der Waals surface area (Å²) in [6.45, 7) is 6.40. The van der Waals surface area contributed by atoms with E-state index in [1.807, 2.05) is 12.4 Å². The molecule has 0 amide bonds. The van der Waals surface area contributed by atoms with Crippen LogP contribution in [0.1, 0.15) is 18.1 Å². The fourth-order valence-corrected chi connectivity index (χ4v) is 2.95. The van der Waals surface area contributed by atoms with E-state index in [-0.39, 0.29) is 5.54 Å². The highest BCUT2D eigenvalue weighted by Gasteiger charge is 2.35. The minimum Gasteiger partial charge on any atom is -0.313 e. The van der Waals surface area contributed by atoms with Gasteiger partial charge in [-0.3, -0.25) is 9.88 Å². The number of pyridine rings is 1. The first-order chi connectivity index (χ1) is 9.79. The Balaban J connectivity index is 1.87. The summed E-state index contributed by atoms with van der Waals surface area (Å²) in [5, 5.41) is 3.54. The Bertz CT molecular complexity index is 541. The van der Waals surface area contributed by atoms with Gasteiger partial charge in [0, 0.05) is 38.6 Å². The van der Waals surface area contributed by atoms with E-state index < -0.39 is 0 Å². The molecule has 1 N–H and O–H groups in total. The van der Waals surface area contributed by atoms with E-state index in [1.165, 1.54) is 11.1 Å². The molecule has 0 spiro atoms. The molecular weight excluding hydrogens is 246 g/mol. The lowest BCUT2D eigenvalue weighted by atomic mass is 9.88. The second-order valence-electron chi connectivity index (χ2n) is 5.59. The molecule has 1 aromatic heterocycles. The first kappa shape index (κ1) is 13.3. The van der Waals surface area contributed by atoms with Crippen molar-refractivity contribution in [3.8, 4) is 0 Å². The Hall–Kier alpha value is -1.71. The summed E-state index contributed by atoms with van der Waals surface area (Å²) in [6, 6.07) is 15.0. The zero-order valence-electron chi connectivity index (χ0n) is 11.9. The highest BCUT2D eigenvalue weighted by Crippen LogP contribution is 2.30. The molecule has 2 aromatic rings. The topological polar surface area (TPSA) is 28.2 Å². The zero-order chi connectivity index (χ0) is 13.8. The van der Waals surface area contributed by atoms with Crippen LogP contribution in [0.3, 0.4) is 0 Å². The normalized spacial score (nSPS) is 23.6. The number of aromatic nitrogens is 1. The van der Waals surface area contributed by atoms with Crippen LogP contribution in [0.5, 0.6) is 0 Å². The Morgan fingerprint density at radius 1 is 1.15 bits per heavy atom. The van der Waals surface area contributed by atoms with Gasteiger partial charge in [-0.15, -0.1) is 0 Å². The van der Waals surface area contributed by atoms with E-state index in [0.29, 0.717) is 0 Å². The van der Waals surface area contributed by atoms with E-state index in [4.69, 9.17) is 0 Å². The average molecular weight is 267 g/mol. The third kappa shape index (κ3) is 2.60. The van der Waals surface area contributed by atoms with Gasteiger partial charge in [0.05, 0.1) is 5.54 Å². The molecule has 1 unspecified atom stereocenters. The molecule has 20 heavy (non-hydrogen) atoms. The van der Waals surface area contributed by atoms with Crippen molar-refractivity contribution in [2.75, 3.05) is 19.6 Å². The van der Waals surface area contributed by atoms with Gasteiger partial charge in [0.2, 0.25) is 0 Å². The largest absolute Gasteiger partial charge is 0.313 e. The van der Waals surface area contributed by atoms with Crippen LogP contribution in [0.4, 0.5) is 0 Å². The third-order valence-corrected chi connectivity index (χ3v) is 4.24. The molecule has 1 aliphatic heterocycles. The van der Waals surface area contributed by atoms with Crippen LogP contribution >= 0.6 is 0 Å². The van der Waals surface area contributed by atoms with Crippen LogP contribution in [0.15, 0.2) is 54.9 Å². The maximum Gasteiger partial charge on any atom is 0.0561 e.